The highest BCUT2D eigenvalue weighted by Gasteiger charge is 2.23. The lowest BCUT2D eigenvalue weighted by Gasteiger charge is -2.25. The van der Waals surface area contributed by atoms with Gasteiger partial charge in [0.25, 0.3) is 5.91 Å². The van der Waals surface area contributed by atoms with Crippen LogP contribution in [0, 0.1) is 5.92 Å². The van der Waals surface area contributed by atoms with Crippen LogP contribution in [0.15, 0.2) is 42.9 Å². The molecule has 120 valence electrons. The van der Waals surface area contributed by atoms with Crippen molar-refractivity contribution in [3.05, 3.63) is 59.1 Å². The summed E-state index contributed by atoms with van der Waals surface area (Å²) in [6.07, 6.45) is 6.12. The number of hydrogen-bond donors (Lipinski definition) is 1. The highest BCUT2D eigenvalue weighted by molar-refractivity contribution is 6.30. The van der Waals surface area contributed by atoms with Gasteiger partial charge < -0.3 is 10.2 Å². The van der Waals surface area contributed by atoms with Gasteiger partial charge in [-0.3, -0.25) is 9.78 Å². The third-order valence-electron chi connectivity index (χ3n) is 3.97. The number of amides is 1. The quantitative estimate of drug-likeness (QED) is 0.914. The molecule has 3 rings (SSSR count). The first kappa shape index (κ1) is 15.9. The van der Waals surface area contributed by atoms with E-state index >= 15 is 0 Å². The average molecular weight is 331 g/mol. The van der Waals surface area contributed by atoms with Gasteiger partial charge in [0.2, 0.25) is 0 Å². The van der Waals surface area contributed by atoms with Gasteiger partial charge in [0, 0.05) is 31.7 Å². The summed E-state index contributed by atoms with van der Waals surface area (Å²) in [4.78, 5) is 23.0. The molecule has 1 saturated heterocycles. The van der Waals surface area contributed by atoms with Crippen LogP contribution in [-0.2, 0) is 6.54 Å². The van der Waals surface area contributed by atoms with Crippen molar-refractivity contribution in [3.8, 4) is 0 Å². The Bertz CT molecular complexity index is 641. The van der Waals surface area contributed by atoms with Crippen molar-refractivity contribution in [3.63, 3.8) is 0 Å². The van der Waals surface area contributed by atoms with Crippen LogP contribution in [0.5, 0.6) is 0 Å². The van der Waals surface area contributed by atoms with Gasteiger partial charge in [-0.15, -0.1) is 0 Å². The molecule has 1 N–H and O–H groups in total. The summed E-state index contributed by atoms with van der Waals surface area (Å²) < 4.78 is 0. The third-order valence-corrected chi connectivity index (χ3v) is 4.19. The predicted octanol–water partition coefficient (Wildman–Crippen LogP) is 2.38. The van der Waals surface area contributed by atoms with Crippen LogP contribution in [0.3, 0.4) is 0 Å². The van der Waals surface area contributed by atoms with Crippen LogP contribution in [-0.4, -0.2) is 40.4 Å². The molecule has 3 heterocycles. The standard InChI is InChI=1S/C17H19ClN4O/c18-15-3-4-16(21-10-15)17(23)22(12-14-5-7-20-9-14)11-13-2-1-6-19-8-13/h1-4,6,8,10,14,20H,5,7,9,11-12H2. The lowest BCUT2D eigenvalue weighted by molar-refractivity contribution is 0.0712. The Balaban J connectivity index is 1.78. The summed E-state index contributed by atoms with van der Waals surface area (Å²) in [7, 11) is 0. The number of nitrogens with zero attached hydrogens (tertiary/aromatic N) is 3. The summed E-state index contributed by atoms with van der Waals surface area (Å²) >= 11 is 5.86. The summed E-state index contributed by atoms with van der Waals surface area (Å²) in [6.45, 7) is 3.21. The van der Waals surface area contributed by atoms with Crippen LogP contribution in [0.2, 0.25) is 5.02 Å². The largest absolute Gasteiger partial charge is 0.333 e. The molecule has 1 fully saturated rings. The van der Waals surface area contributed by atoms with E-state index in [1.807, 2.05) is 17.0 Å². The topological polar surface area (TPSA) is 58.1 Å². The van der Waals surface area contributed by atoms with Crippen molar-refractivity contribution in [2.45, 2.75) is 13.0 Å². The molecular weight excluding hydrogens is 312 g/mol. The smallest absolute Gasteiger partial charge is 0.272 e. The number of rotatable bonds is 5. The fourth-order valence-electron chi connectivity index (χ4n) is 2.78. The zero-order valence-corrected chi connectivity index (χ0v) is 13.5. The van der Waals surface area contributed by atoms with Crippen LogP contribution in [0.4, 0.5) is 0 Å². The number of halogens is 1. The molecule has 0 bridgehead atoms. The van der Waals surface area contributed by atoms with E-state index in [2.05, 4.69) is 15.3 Å². The lowest BCUT2D eigenvalue weighted by Crippen LogP contribution is -2.36. The molecule has 5 nitrogen and oxygen atoms in total. The van der Waals surface area contributed by atoms with Crippen molar-refractivity contribution in [1.29, 1.82) is 0 Å². The maximum absolute atomic E-state index is 12.8. The van der Waals surface area contributed by atoms with Crippen LogP contribution >= 0.6 is 11.6 Å². The van der Waals surface area contributed by atoms with Crippen LogP contribution in [0.1, 0.15) is 22.5 Å². The molecular formula is C17H19ClN4O. The Kier molecular flexibility index (Phi) is 5.20. The first-order valence-electron chi connectivity index (χ1n) is 7.73. The minimum absolute atomic E-state index is 0.0718. The van der Waals surface area contributed by atoms with Gasteiger partial charge in [0.1, 0.15) is 5.69 Å². The first-order chi connectivity index (χ1) is 11.2. The molecule has 0 aromatic carbocycles. The van der Waals surface area contributed by atoms with Crippen molar-refractivity contribution in [2.75, 3.05) is 19.6 Å². The van der Waals surface area contributed by atoms with E-state index in [1.54, 1.807) is 24.5 Å². The number of nitrogens with one attached hydrogen (secondary N) is 1. The molecule has 0 saturated carbocycles. The molecule has 1 atom stereocenters. The molecule has 1 aliphatic rings. The molecule has 1 unspecified atom stereocenters. The van der Waals surface area contributed by atoms with E-state index in [-0.39, 0.29) is 5.91 Å². The van der Waals surface area contributed by atoms with E-state index in [1.165, 1.54) is 6.20 Å². The summed E-state index contributed by atoms with van der Waals surface area (Å²) in [5.74, 6) is 0.403. The molecule has 0 spiro atoms. The minimum Gasteiger partial charge on any atom is -0.333 e. The number of carbonyl (C=O) groups is 1. The number of hydrogen-bond acceptors (Lipinski definition) is 4. The summed E-state index contributed by atoms with van der Waals surface area (Å²) in [5, 5.41) is 3.87. The van der Waals surface area contributed by atoms with E-state index in [4.69, 9.17) is 11.6 Å². The Morgan fingerprint density at radius 2 is 2.26 bits per heavy atom. The van der Waals surface area contributed by atoms with E-state index in [0.29, 0.717) is 29.7 Å². The van der Waals surface area contributed by atoms with Crippen molar-refractivity contribution in [2.24, 2.45) is 5.92 Å². The Hall–Kier alpha value is -1.98. The zero-order chi connectivity index (χ0) is 16.1. The number of pyridine rings is 2. The van der Waals surface area contributed by atoms with Crippen molar-refractivity contribution >= 4 is 17.5 Å². The van der Waals surface area contributed by atoms with Crippen molar-refractivity contribution in [1.82, 2.24) is 20.2 Å². The van der Waals surface area contributed by atoms with Crippen LogP contribution < -0.4 is 5.32 Å². The van der Waals surface area contributed by atoms with E-state index in [0.717, 1.165) is 25.1 Å². The highest BCUT2D eigenvalue weighted by Crippen LogP contribution is 2.16. The minimum atomic E-state index is -0.0718. The van der Waals surface area contributed by atoms with Gasteiger partial charge in [-0.05, 0) is 49.2 Å². The SMILES string of the molecule is O=C(c1ccc(Cl)cn1)N(Cc1cccnc1)CC1CCNC1. The van der Waals surface area contributed by atoms with Gasteiger partial charge in [-0.25, -0.2) is 4.98 Å². The molecule has 1 aliphatic heterocycles. The fraction of sp³-hybridized carbons (Fsp3) is 0.353. The normalized spacial score (nSPS) is 17.2. The maximum Gasteiger partial charge on any atom is 0.272 e. The Morgan fingerprint density at radius 3 is 2.91 bits per heavy atom. The van der Waals surface area contributed by atoms with Gasteiger partial charge >= 0.3 is 0 Å². The highest BCUT2D eigenvalue weighted by atomic mass is 35.5. The van der Waals surface area contributed by atoms with Crippen LogP contribution in [0.25, 0.3) is 0 Å². The number of aromatic nitrogens is 2. The van der Waals surface area contributed by atoms with Gasteiger partial charge in [0.15, 0.2) is 0 Å². The van der Waals surface area contributed by atoms with E-state index in [9.17, 15) is 4.79 Å². The Morgan fingerprint density at radius 1 is 1.35 bits per heavy atom. The summed E-state index contributed by atoms with van der Waals surface area (Å²) in [6, 6.07) is 7.24. The van der Waals surface area contributed by atoms with Gasteiger partial charge in [-0.2, -0.15) is 0 Å². The molecule has 0 aliphatic carbocycles. The van der Waals surface area contributed by atoms with E-state index < -0.39 is 0 Å². The zero-order valence-electron chi connectivity index (χ0n) is 12.8. The molecule has 0 radical (unpaired) electrons. The predicted molar refractivity (Wildman–Crippen MR) is 89.2 cm³/mol. The second-order valence-electron chi connectivity index (χ2n) is 5.77. The first-order valence-corrected chi connectivity index (χ1v) is 8.10. The second kappa shape index (κ2) is 7.53. The average Bonchev–Trinajstić information content (AvgIpc) is 3.08. The Labute approximate surface area is 140 Å². The molecule has 2 aromatic heterocycles. The maximum atomic E-state index is 12.8. The molecule has 2 aromatic rings. The van der Waals surface area contributed by atoms with Gasteiger partial charge in [-0.1, -0.05) is 17.7 Å². The molecule has 1 amide bonds. The monoisotopic (exact) mass is 330 g/mol. The third kappa shape index (κ3) is 4.27. The van der Waals surface area contributed by atoms with Gasteiger partial charge in [0.05, 0.1) is 5.02 Å². The van der Waals surface area contributed by atoms with Crippen molar-refractivity contribution < 1.29 is 4.79 Å². The second-order valence-corrected chi connectivity index (χ2v) is 6.20. The number of carbonyl (C=O) groups excluding carboxylic acids is 1. The fourth-order valence-corrected chi connectivity index (χ4v) is 2.89. The molecule has 23 heavy (non-hydrogen) atoms. The molecule has 6 heteroatoms. The lowest BCUT2D eigenvalue weighted by atomic mass is 10.1. The summed E-state index contributed by atoms with van der Waals surface area (Å²) in [5.41, 5.74) is 1.44.